The Labute approximate surface area is 170 Å². The van der Waals surface area contributed by atoms with E-state index in [0.717, 1.165) is 33.4 Å². The Morgan fingerprint density at radius 2 is 1.76 bits per heavy atom. The lowest BCUT2D eigenvalue weighted by Crippen LogP contribution is -2.33. The summed E-state index contributed by atoms with van der Waals surface area (Å²) in [4.78, 5) is 27.2. The Morgan fingerprint density at radius 1 is 1.07 bits per heavy atom. The Kier molecular flexibility index (Phi) is 4.97. The molecule has 0 saturated heterocycles. The van der Waals surface area contributed by atoms with Crippen LogP contribution in [0.15, 0.2) is 48.5 Å². The lowest BCUT2D eigenvalue weighted by molar-refractivity contribution is -0.131. The molecule has 3 aromatic rings. The lowest BCUT2D eigenvalue weighted by Gasteiger charge is -2.20. The van der Waals surface area contributed by atoms with Crippen LogP contribution in [0.25, 0.3) is 22.6 Å². The molecule has 148 valence electrons. The molecule has 1 aromatic heterocycles. The molecule has 4 rings (SSSR count). The Balaban J connectivity index is 1.84. The van der Waals surface area contributed by atoms with Gasteiger partial charge in [0.05, 0.1) is 0 Å². The van der Waals surface area contributed by atoms with Gasteiger partial charge in [-0.3, -0.25) is 9.59 Å². The van der Waals surface area contributed by atoms with E-state index in [1.165, 1.54) is 0 Å². The zero-order valence-corrected chi connectivity index (χ0v) is 17.0. The van der Waals surface area contributed by atoms with E-state index in [0.29, 0.717) is 25.2 Å². The Bertz CT molecular complexity index is 1140. The molecule has 0 atom stereocenters. The molecule has 2 aromatic carbocycles. The first-order valence-electron chi connectivity index (χ1n) is 10.0. The number of carbonyl (C=O) groups is 2. The fraction of sp³-hybridized carbons (Fsp3) is 0.250. The summed E-state index contributed by atoms with van der Waals surface area (Å²) in [5.74, 6) is 0.00339. The van der Waals surface area contributed by atoms with Crippen molar-refractivity contribution in [1.29, 1.82) is 0 Å². The summed E-state index contributed by atoms with van der Waals surface area (Å²) in [6.07, 6.45) is 1.96. The zero-order valence-electron chi connectivity index (χ0n) is 17.0. The predicted octanol–water partition coefficient (Wildman–Crippen LogP) is 4.31. The van der Waals surface area contributed by atoms with E-state index in [9.17, 15) is 9.59 Å². The number of fused-ring (bicyclic) bond motifs is 2. The number of nitrogens with zero attached hydrogens (tertiary/aromatic N) is 2. The van der Waals surface area contributed by atoms with Crippen LogP contribution in [-0.2, 0) is 16.1 Å². The van der Waals surface area contributed by atoms with Gasteiger partial charge in [0.25, 0.3) is 5.91 Å². The van der Waals surface area contributed by atoms with E-state index in [2.05, 4.69) is 9.88 Å². The van der Waals surface area contributed by atoms with Crippen molar-refractivity contribution in [2.45, 2.75) is 27.3 Å². The second-order valence-corrected chi connectivity index (χ2v) is 7.23. The van der Waals surface area contributed by atoms with Crippen molar-refractivity contribution in [3.8, 4) is 0 Å². The monoisotopic (exact) mass is 387 g/mol. The van der Waals surface area contributed by atoms with Crippen LogP contribution in [0.1, 0.15) is 30.7 Å². The van der Waals surface area contributed by atoms with Gasteiger partial charge in [-0.25, -0.2) is 0 Å². The molecule has 1 aliphatic rings. The third kappa shape index (κ3) is 3.23. The molecular formula is C24H25N3O2. The topological polar surface area (TPSA) is 54.3 Å². The van der Waals surface area contributed by atoms with Gasteiger partial charge in [-0.1, -0.05) is 36.4 Å². The first-order chi connectivity index (χ1) is 14.0. The highest BCUT2D eigenvalue weighted by Gasteiger charge is 2.25. The van der Waals surface area contributed by atoms with Crippen molar-refractivity contribution in [2.75, 3.05) is 18.4 Å². The summed E-state index contributed by atoms with van der Waals surface area (Å²) >= 11 is 0. The fourth-order valence-corrected chi connectivity index (χ4v) is 4.08. The van der Waals surface area contributed by atoms with Gasteiger partial charge < -0.3 is 14.8 Å². The van der Waals surface area contributed by atoms with Crippen molar-refractivity contribution >= 4 is 40.1 Å². The average molecular weight is 387 g/mol. The third-order valence-electron chi connectivity index (χ3n) is 5.69. The van der Waals surface area contributed by atoms with Crippen molar-refractivity contribution in [3.63, 3.8) is 0 Å². The Hall–Kier alpha value is -3.34. The van der Waals surface area contributed by atoms with Crippen LogP contribution < -0.4 is 5.32 Å². The number of benzene rings is 2. The third-order valence-corrected chi connectivity index (χ3v) is 5.69. The van der Waals surface area contributed by atoms with Crippen LogP contribution in [0.5, 0.6) is 0 Å². The number of likely N-dealkylation sites (N-methyl/N-ethyl adjacent to an activating group) is 1. The molecule has 2 amide bonds. The summed E-state index contributed by atoms with van der Waals surface area (Å²) < 4.78 is 2.06. The molecule has 2 heterocycles. The summed E-state index contributed by atoms with van der Waals surface area (Å²) in [7, 11) is 0. The molecule has 5 nitrogen and oxygen atoms in total. The second kappa shape index (κ2) is 7.59. The van der Waals surface area contributed by atoms with E-state index in [4.69, 9.17) is 0 Å². The lowest BCUT2D eigenvalue weighted by atomic mass is 10.0. The van der Waals surface area contributed by atoms with Gasteiger partial charge in [0.1, 0.15) is 6.54 Å². The van der Waals surface area contributed by atoms with E-state index < -0.39 is 0 Å². The van der Waals surface area contributed by atoms with Crippen molar-refractivity contribution in [2.24, 2.45) is 0 Å². The van der Waals surface area contributed by atoms with E-state index in [1.54, 1.807) is 0 Å². The number of hydrogen-bond donors (Lipinski definition) is 1. The number of anilines is 1. The first-order valence-corrected chi connectivity index (χ1v) is 10.0. The van der Waals surface area contributed by atoms with Crippen LogP contribution in [0.4, 0.5) is 5.69 Å². The number of amides is 2. The highest BCUT2D eigenvalue weighted by atomic mass is 16.2. The number of para-hydroxylation sites is 2. The van der Waals surface area contributed by atoms with Crippen LogP contribution in [0, 0.1) is 6.92 Å². The smallest absolute Gasteiger partial charge is 0.256 e. The van der Waals surface area contributed by atoms with Gasteiger partial charge in [0, 0.05) is 52.1 Å². The maximum absolute atomic E-state index is 12.8. The van der Waals surface area contributed by atoms with Crippen molar-refractivity contribution in [1.82, 2.24) is 9.47 Å². The SMILES string of the molecule is CCN(CC)C(=O)Cn1c(C)c(C=C2C(=O)Nc3ccccc32)c2ccccc21. The molecular weight excluding hydrogens is 362 g/mol. The van der Waals surface area contributed by atoms with Gasteiger partial charge in [-0.05, 0) is 39.0 Å². The minimum absolute atomic E-state index is 0.0957. The molecule has 5 heteroatoms. The fourth-order valence-electron chi connectivity index (χ4n) is 4.08. The second-order valence-electron chi connectivity index (χ2n) is 7.23. The highest BCUT2D eigenvalue weighted by Crippen LogP contribution is 2.35. The molecule has 0 unspecified atom stereocenters. The van der Waals surface area contributed by atoms with Gasteiger partial charge in [-0.2, -0.15) is 0 Å². The maximum Gasteiger partial charge on any atom is 0.256 e. The predicted molar refractivity (Wildman–Crippen MR) is 118 cm³/mol. The standard InChI is InChI=1S/C24H25N3O2/c1-4-26(5-2)23(28)15-27-16(3)19(18-11-7-9-13-22(18)27)14-20-17-10-6-8-12-21(17)25-24(20)29/h6-14H,4-5,15H2,1-3H3,(H,25,29). The molecule has 0 radical (unpaired) electrons. The first kappa shape index (κ1) is 19.0. The molecule has 1 aliphatic heterocycles. The van der Waals surface area contributed by atoms with Crippen LogP contribution in [0.3, 0.4) is 0 Å². The molecule has 0 fully saturated rings. The molecule has 0 saturated carbocycles. The quantitative estimate of drug-likeness (QED) is 0.663. The van der Waals surface area contributed by atoms with E-state index in [-0.39, 0.29) is 11.8 Å². The van der Waals surface area contributed by atoms with Gasteiger partial charge in [0.2, 0.25) is 5.91 Å². The summed E-state index contributed by atoms with van der Waals surface area (Å²) in [6.45, 7) is 7.69. The van der Waals surface area contributed by atoms with Gasteiger partial charge >= 0.3 is 0 Å². The maximum atomic E-state index is 12.8. The number of aromatic nitrogens is 1. The molecule has 29 heavy (non-hydrogen) atoms. The molecule has 0 spiro atoms. The van der Waals surface area contributed by atoms with Crippen LogP contribution in [-0.4, -0.2) is 34.4 Å². The average Bonchev–Trinajstić information content (AvgIpc) is 3.18. The normalized spacial score (nSPS) is 14.3. The van der Waals surface area contributed by atoms with Crippen molar-refractivity contribution in [3.05, 3.63) is 65.4 Å². The molecule has 0 bridgehead atoms. The number of hydrogen-bond acceptors (Lipinski definition) is 2. The number of carbonyl (C=O) groups excluding carboxylic acids is 2. The van der Waals surface area contributed by atoms with Crippen molar-refractivity contribution < 1.29 is 9.59 Å². The van der Waals surface area contributed by atoms with E-state index >= 15 is 0 Å². The summed E-state index contributed by atoms with van der Waals surface area (Å²) in [5, 5.41) is 3.97. The molecule has 1 N–H and O–H groups in total. The Morgan fingerprint density at radius 3 is 2.52 bits per heavy atom. The van der Waals surface area contributed by atoms with Crippen LogP contribution in [0.2, 0.25) is 0 Å². The minimum Gasteiger partial charge on any atom is -0.342 e. The van der Waals surface area contributed by atoms with Gasteiger partial charge in [0.15, 0.2) is 0 Å². The highest BCUT2D eigenvalue weighted by molar-refractivity contribution is 6.35. The summed E-state index contributed by atoms with van der Waals surface area (Å²) in [5.41, 5.74) is 5.37. The zero-order chi connectivity index (χ0) is 20.5. The summed E-state index contributed by atoms with van der Waals surface area (Å²) in [6, 6.07) is 15.8. The largest absolute Gasteiger partial charge is 0.342 e. The molecule has 0 aliphatic carbocycles. The minimum atomic E-state index is -0.0957. The van der Waals surface area contributed by atoms with Gasteiger partial charge in [-0.15, -0.1) is 0 Å². The number of rotatable bonds is 5. The number of nitrogens with one attached hydrogen (secondary N) is 1. The van der Waals surface area contributed by atoms with E-state index in [1.807, 2.05) is 80.3 Å². The van der Waals surface area contributed by atoms with Crippen LogP contribution >= 0.6 is 0 Å².